The summed E-state index contributed by atoms with van der Waals surface area (Å²) in [6.45, 7) is 7.78. The molecule has 0 N–H and O–H groups in total. The van der Waals surface area contributed by atoms with Crippen LogP contribution in [0.3, 0.4) is 0 Å². The zero-order valence-electron chi connectivity index (χ0n) is 10.5. The van der Waals surface area contributed by atoms with E-state index in [-0.39, 0.29) is 0 Å². The van der Waals surface area contributed by atoms with Crippen LogP contribution in [-0.2, 0) is 0 Å². The van der Waals surface area contributed by atoms with Crippen LogP contribution in [0.2, 0.25) is 0 Å². The van der Waals surface area contributed by atoms with Gasteiger partial charge in [-0.1, -0.05) is 33.6 Å². The lowest BCUT2D eigenvalue weighted by atomic mass is 9.45. The Kier molecular flexibility index (Phi) is 1.31. The van der Waals surface area contributed by atoms with Crippen LogP contribution in [-0.4, -0.2) is 0 Å². The summed E-state index contributed by atoms with van der Waals surface area (Å²) in [7, 11) is 0. The summed E-state index contributed by atoms with van der Waals surface area (Å²) in [5, 5.41) is 0. The van der Waals surface area contributed by atoms with E-state index in [1.807, 2.05) is 0 Å². The van der Waals surface area contributed by atoms with Gasteiger partial charge in [0.1, 0.15) is 0 Å². The van der Waals surface area contributed by atoms with E-state index < -0.39 is 0 Å². The molecular formula is C15H24. The summed E-state index contributed by atoms with van der Waals surface area (Å²) in [6.07, 6.45) is 9.36. The molecule has 6 unspecified atom stereocenters. The molecule has 5 aliphatic rings. The molecule has 5 rings (SSSR count). The molecule has 0 aromatic rings. The van der Waals surface area contributed by atoms with E-state index in [2.05, 4.69) is 20.8 Å². The average Bonchev–Trinajstić information content (AvgIpc) is 2.60. The third-order valence-electron chi connectivity index (χ3n) is 7.64. The Morgan fingerprint density at radius 3 is 2.47 bits per heavy atom. The standard InChI is InChI=1S/C15H24/c1-10-5-4-6-15-8-12-11(7-14(10,15)3)13(12,2)9-15/h10-12H,4-9H2,1-3H3. The lowest BCUT2D eigenvalue weighted by Gasteiger charge is -2.60. The fourth-order valence-corrected chi connectivity index (χ4v) is 6.37. The van der Waals surface area contributed by atoms with Crippen molar-refractivity contribution in [3.05, 3.63) is 0 Å². The summed E-state index contributed by atoms with van der Waals surface area (Å²) in [4.78, 5) is 0. The highest BCUT2D eigenvalue weighted by Crippen LogP contribution is 2.86. The van der Waals surface area contributed by atoms with Crippen LogP contribution in [0.5, 0.6) is 0 Å². The molecule has 5 fully saturated rings. The van der Waals surface area contributed by atoms with Gasteiger partial charge in [-0.15, -0.1) is 0 Å². The third kappa shape index (κ3) is 0.746. The normalized spacial score (nSPS) is 70.2. The molecule has 0 heterocycles. The van der Waals surface area contributed by atoms with E-state index in [0.717, 1.165) is 34.0 Å². The van der Waals surface area contributed by atoms with E-state index in [9.17, 15) is 0 Å². The van der Waals surface area contributed by atoms with E-state index in [0.29, 0.717) is 0 Å². The lowest BCUT2D eigenvalue weighted by molar-refractivity contribution is -0.102. The summed E-state index contributed by atoms with van der Waals surface area (Å²) >= 11 is 0. The third-order valence-corrected chi connectivity index (χ3v) is 7.64. The van der Waals surface area contributed by atoms with Gasteiger partial charge in [0.15, 0.2) is 0 Å². The molecule has 5 saturated carbocycles. The molecule has 5 aliphatic carbocycles. The first-order valence-corrected chi connectivity index (χ1v) is 7.02. The first-order valence-electron chi connectivity index (χ1n) is 7.02. The zero-order chi connectivity index (χ0) is 10.5. The number of hydrogen-bond acceptors (Lipinski definition) is 0. The highest BCUT2D eigenvalue weighted by atomic mass is 14.8. The molecule has 6 atom stereocenters. The van der Waals surface area contributed by atoms with Gasteiger partial charge in [0.05, 0.1) is 0 Å². The van der Waals surface area contributed by atoms with Crippen molar-refractivity contribution in [3.8, 4) is 0 Å². The smallest absolute Gasteiger partial charge is 0.0233 e. The molecular weight excluding hydrogens is 180 g/mol. The second kappa shape index (κ2) is 2.17. The van der Waals surface area contributed by atoms with Crippen molar-refractivity contribution in [1.82, 2.24) is 0 Å². The van der Waals surface area contributed by atoms with Crippen molar-refractivity contribution in [2.45, 2.75) is 59.3 Å². The maximum atomic E-state index is 2.64. The molecule has 84 valence electrons. The fraction of sp³-hybridized carbons (Fsp3) is 1.00. The maximum Gasteiger partial charge on any atom is -0.0233 e. The van der Waals surface area contributed by atoms with Crippen LogP contribution in [0.15, 0.2) is 0 Å². The lowest BCUT2D eigenvalue weighted by Crippen LogP contribution is -2.51. The predicted molar refractivity (Wildman–Crippen MR) is 62.5 cm³/mol. The molecule has 0 aromatic carbocycles. The van der Waals surface area contributed by atoms with Crippen LogP contribution in [0.25, 0.3) is 0 Å². The first kappa shape index (κ1) is 9.07. The van der Waals surface area contributed by atoms with Crippen LogP contribution < -0.4 is 0 Å². The topological polar surface area (TPSA) is 0 Å². The molecule has 1 spiro atoms. The minimum Gasteiger partial charge on any atom is -0.0620 e. The first-order chi connectivity index (χ1) is 7.02. The number of hydrogen-bond donors (Lipinski definition) is 0. The molecule has 0 nitrogen and oxygen atoms in total. The van der Waals surface area contributed by atoms with E-state index in [4.69, 9.17) is 0 Å². The Hall–Kier alpha value is 0. The highest BCUT2D eigenvalue weighted by Gasteiger charge is 2.78. The minimum atomic E-state index is 0.725. The largest absolute Gasteiger partial charge is 0.0620 e. The van der Waals surface area contributed by atoms with E-state index in [1.54, 1.807) is 25.7 Å². The zero-order valence-corrected chi connectivity index (χ0v) is 10.5. The van der Waals surface area contributed by atoms with Crippen molar-refractivity contribution < 1.29 is 0 Å². The minimum absolute atomic E-state index is 0.725. The Morgan fingerprint density at radius 2 is 1.80 bits per heavy atom. The molecule has 0 heteroatoms. The van der Waals surface area contributed by atoms with Gasteiger partial charge in [0.25, 0.3) is 0 Å². The van der Waals surface area contributed by atoms with Gasteiger partial charge < -0.3 is 0 Å². The van der Waals surface area contributed by atoms with Gasteiger partial charge in [-0.05, 0) is 59.7 Å². The Bertz CT molecular complexity index is 333. The highest BCUT2D eigenvalue weighted by molar-refractivity contribution is 5.27. The van der Waals surface area contributed by atoms with Gasteiger partial charge in [-0.2, -0.15) is 0 Å². The van der Waals surface area contributed by atoms with Crippen LogP contribution in [0.1, 0.15) is 59.3 Å². The van der Waals surface area contributed by atoms with Crippen molar-refractivity contribution in [2.24, 2.45) is 34.0 Å². The van der Waals surface area contributed by atoms with Gasteiger partial charge in [0, 0.05) is 0 Å². The van der Waals surface area contributed by atoms with Gasteiger partial charge >= 0.3 is 0 Å². The maximum absolute atomic E-state index is 2.64. The quantitative estimate of drug-likeness (QED) is 0.553. The molecule has 0 radical (unpaired) electrons. The molecule has 0 saturated heterocycles. The molecule has 0 aromatic heterocycles. The van der Waals surface area contributed by atoms with Gasteiger partial charge in [-0.25, -0.2) is 0 Å². The summed E-state index contributed by atoms with van der Waals surface area (Å²) in [5.74, 6) is 3.28. The van der Waals surface area contributed by atoms with Gasteiger partial charge in [0.2, 0.25) is 0 Å². The van der Waals surface area contributed by atoms with Crippen molar-refractivity contribution >= 4 is 0 Å². The average molecular weight is 204 g/mol. The summed E-state index contributed by atoms with van der Waals surface area (Å²) in [6, 6.07) is 0. The van der Waals surface area contributed by atoms with Crippen LogP contribution in [0.4, 0.5) is 0 Å². The molecule has 0 aliphatic heterocycles. The fourth-order valence-electron chi connectivity index (χ4n) is 6.37. The summed E-state index contributed by atoms with van der Waals surface area (Å²) in [5.41, 5.74) is 2.33. The van der Waals surface area contributed by atoms with Crippen molar-refractivity contribution in [3.63, 3.8) is 0 Å². The monoisotopic (exact) mass is 204 g/mol. The second-order valence-electron chi connectivity index (χ2n) is 7.79. The van der Waals surface area contributed by atoms with Crippen molar-refractivity contribution in [1.29, 1.82) is 0 Å². The van der Waals surface area contributed by atoms with Crippen molar-refractivity contribution in [2.75, 3.05) is 0 Å². The van der Waals surface area contributed by atoms with Crippen LogP contribution >= 0.6 is 0 Å². The Balaban J connectivity index is 1.81. The van der Waals surface area contributed by atoms with E-state index >= 15 is 0 Å². The SMILES string of the molecule is CC1CCCC23CC4C(CC12C)C4(C)C3. The second-order valence-corrected chi connectivity index (χ2v) is 7.79. The molecule has 15 heavy (non-hydrogen) atoms. The molecule has 0 amide bonds. The summed E-state index contributed by atoms with van der Waals surface area (Å²) < 4.78 is 0. The Labute approximate surface area is 93.8 Å². The predicted octanol–water partition coefficient (Wildman–Crippen LogP) is 4.25. The van der Waals surface area contributed by atoms with Gasteiger partial charge in [-0.3, -0.25) is 0 Å². The van der Waals surface area contributed by atoms with E-state index in [1.165, 1.54) is 12.8 Å². The van der Waals surface area contributed by atoms with Crippen LogP contribution in [0, 0.1) is 34.0 Å². The Morgan fingerprint density at radius 1 is 1.07 bits per heavy atom. The number of rotatable bonds is 0. The molecule has 4 bridgehead atoms.